The normalized spacial score (nSPS) is 10.4. The second-order valence-electron chi connectivity index (χ2n) is 3.49. The molecule has 0 spiro atoms. The Morgan fingerprint density at radius 1 is 1.56 bits per heavy atom. The number of rotatable bonds is 3. The van der Waals surface area contributed by atoms with Crippen LogP contribution in [-0.4, -0.2) is 27.8 Å². The predicted octanol–water partition coefficient (Wildman–Crippen LogP) is 2.01. The van der Waals surface area contributed by atoms with E-state index in [-0.39, 0.29) is 11.6 Å². The molecule has 5 nitrogen and oxygen atoms in total. The molecular weight excluding hydrogens is 305 g/mol. The lowest BCUT2D eigenvalue weighted by Crippen LogP contribution is -2.07. The van der Waals surface area contributed by atoms with Gasteiger partial charge < -0.3 is 4.74 Å². The number of methoxy groups -OCH3 is 1. The molecule has 0 aliphatic heterocycles. The zero-order valence-corrected chi connectivity index (χ0v) is 11.0. The molecule has 18 heavy (non-hydrogen) atoms. The molecule has 94 valence electrons. The minimum absolute atomic E-state index is 0.0231. The number of carbonyl (C=O) groups is 1. The van der Waals surface area contributed by atoms with Crippen LogP contribution in [0.15, 0.2) is 29.0 Å². The molecule has 7 heteroatoms. The van der Waals surface area contributed by atoms with Crippen molar-refractivity contribution in [1.82, 2.24) is 14.8 Å². The Morgan fingerprint density at radius 3 is 3.06 bits per heavy atom. The van der Waals surface area contributed by atoms with E-state index in [0.29, 0.717) is 12.1 Å². The summed E-state index contributed by atoms with van der Waals surface area (Å²) in [7, 11) is 1.26. The topological polar surface area (TPSA) is 57.0 Å². The molecule has 0 saturated heterocycles. The van der Waals surface area contributed by atoms with Crippen LogP contribution < -0.4 is 0 Å². The summed E-state index contributed by atoms with van der Waals surface area (Å²) >= 11 is 3.32. The summed E-state index contributed by atoms with van der Waals surface area (Å²) < 4.78 is 19.8. The maximum absolute atomic E-state index is 13.1. The Morgan fingerprint density at radius 2 is 2.33 bits per heavy atom. The number of esters is 1. The predicted molar refractivity (Wildman–Crippen MR) is 64.6 cm³/mol. The van der Waals surface area contributed by atoms with E-state index >= 15 is 0 Å². The van der Waals surface area contributed by atoms with Crippen LogP contribution in [0.1, 0.15) is 16.2 Å². The van der Waals surface area contributed by atoms with E-state index in [0.717, 1.165) is 4.47 Å². The first-order valence-electron chi connectivity index (χ1n) is 5.02. The first-order chi connectivity index (χ1) is 8.60. The molecular formula is C11H9BrFN3O2. The van der Waals surface area contributed by atoms with Crippen LogP contribution >= 0.6 is 15.9 Å². The minimum Gasteiger partial charge on any atom is -0.463 e. The largest absolute Gasteiger partial charge is 0.463 e. The van der Waals surface area contributed by atoms with Crippen molar-refractivity contribution < 1.29 is 13.9 Å². The number of ether oxygens (including phenoxy) is 1. The molecule has 2 rings (SSSR count). The van der Waals surface area contributed by atoms with Crippen molar-refractivity contribution in [2.75, 3.05) is 7.11 Å². The molecule has 0 unspecified atom stereocenters. The summed E-state index contributed by atoms with van der Waals surface area (Å²) in [5.74, 6) is -0.960. The van der Waals surface area contributed by atoms with Crippen molar-refractivity contribution in [1.29, 1.82) is 0 Å². The highest BCUT2D eigenvalue weighted by molar-refractivity contribution is 9.10. The molecule has 1 aromatic carbocycles. The van der Waals surface area contributed by atoms with Crippen LogP contribution in [0, 0.1) is 5.82 Å². The molecule has 1 aromatic heterocycles. The number of nitrogens with zero attached hydrogens (tertiary/aromatic N) is 3. The number of halogens is 2. The monoisotopic (exact) mass is 313 g/mol. The molecule has 0 saturated carbocycles. The minimum atomic E-state index is -0.605. The first kappa shape index (κ1) is 12.7. The first-order valence-corrected chi connectivity index (χ1v) is 5.81. The van der Waals surface area contributed by atoms with Crippen LogP contribution in [0.5, 0.6) is 0 Å². The fourth-order valence-corrected chi connectivity index (χ4v) is 1.77. The van der Waals surface area contributed by atoms with Gasteiger partial charge in [-0.15, -0.1) is 5.10 Å². The van der Waals surface area contributed by atoms with Crippen molar-refractivity contribution >= 4 is 21.9 Å². The summed E-state index contributed by atoms with van der Waals surface area (Å²) in [6, 6.07) is 4.36. The second-order valence-corrected chi connectivity index (χ2v) is 4.35. The van der Waals surface area contributed by atoms with E-state index in [1.165, 1.54) is 30.3 Å². The molecule has 0 aliphatic rings. The average Bonchev–Trinajstić information content (AvgIpc) is 2.81. The summed E-state index contributed by atoms with van der Waals surface area (Å²) in [5, 5.41) is 3.93. The average molecular weight is 314 g/mol. The Labute approximate surface area is 111 Å². The zero-order chi connectivity index (χ0) is 13.1. The maximum atomic E-state index is 13.1. The summed E-state index contributed by atoms with van der Waals surface area (Å²) in [5.41, 5.74) is 0.705. The van der Waals surface area contributed by atoms with Crippen molar-refractivity contribution in [2.24, 2.45) is 0 Å². The van der Waals surface area contributed by atoms with E-state index in [4.69, 9.17) is 0 Å². The standard InChI is InChI=1S/C11H9BrFN3O2/c1-18-11(17)10-14-6-16(15-10)5-7-4-8(13)2-3-9(7)12/h2-4,6H,5H2,1H3. The lowest BCUT2D eigenvalue weighted by atomic mass is 10.2. The number of hydrogen-bond acceptors (Lipinski definition) is 4. The van der Waals surface area contributed by atoms with Crippen molar-refractivity contribution in [3.05, 3.63) is 46.2 Å². The molecule has 1 heterocycles. The molecule has 0 atom stereocenters. The number of benzene rings is 1. The molecule has 0 radical (unpaired) electrons. The van der Waals surface area contributed by atoms with E-state index in [1.54, 1.807) is 6.07 Å². The van der Waals surface area contributed by atoms with Gasteiger partial charge in [0, 0.05) is 4.47 Å². The fourth-order valence-electron chi connectivity index (χ4n) is 1.39. The molecule has 0 fully saturated rings. The van der Waals surface area contributed by atoms with Crippen LogP contribution in [-0.2, 0) is 11.3 Å². The lowest BCUT2D eigenvalue weighted by Gasteiger charge is -2.04. The van der Waals surface area contributed by atoms with Crippen LogP contribution in [0.2, 0.25) is 0 Å². The quantitative estimate of drug-likeness (QED) is 0.813. The van der Waals surface area contributed by atoms with Crippen molar-refractivity contribution in [3.8, 4) is 0 Å². The maximum Gasteiger partial charge on any atom is 0.377 e. The third-order valence-electron chi connectivity index (χ3n) is 2.24. The highest BCUT2D eigenvalue weighted by atomic mass is 79.9. The van der Waals surface area contributed by atoms with Gasteiger partial charge >= 0.3 is 5.97 Å². The van der Waals surface area contributed by atoms with Gasteiger partial charge in [0.1, 0.15) is 12.1 Å². The van der Waals surface area contributed by atoms with Gasteiger partial charge in [-0.05, 0) is 23.8 Å². The van der Waals surface area contributed by atoms with Crippen LogP contribution in [0.3, 0.4) is 0 Å². The van der Waals surface area contributed by atoms with E-state index in [9.17, 15) is 9.18 Å². The molecule has 0 bridgehead atoms. The molecule has 2 aromatic rings. The third kappa shape index (κ3) is 2.73. The zero-order valence-electron chi connectivity index (χ0n) is 9.43. The van der Waals surface area contributed by atoms with Crippen LogP contribution in [0.4, 0.5) is 4.39 Å². The van der Waals surface area contributed by atoms with E-state index in [2.05, 4.69) is 30.7 Å². The molecule has 0 aliphatic carbocycles. The molecule has 0 amide bonds. The highest BCUT2D eigenvalue weighted by Gasteiger charge is 2.12. The fraction of sp³-hybridized carbons (Fsp3) is 0.182. The summed E-state index contributed by atoms with van der Waals surface area (Å²) in [4.78, 5) is 15.0. The Hall–Kier alpha value is -1.76. The van der Waals surface area contributed by atoms with Gasteiger partial charge in [-0.25, -0.2) is 18.9 Å². The van der Waals surface area contributed by atoms with Crippen molar-refractivity contribution in [3.63, 3.8) is 0 Å². The number of hydrogen-bond donors (Lipinski definition) is 0. The van der Waals surface area contributed by atoms with Gasteiger partial charge in [0.2, 0.25) is 0 Å². The van der Waals surface area contributed by atoms with Gasteiger partial charge in [0.15, 0.2) is 0 Å². The summed E-state index contributed by atoms with van der Waals surface area (Å²) in [6.07, 6.45) is 1.39. The van der Waals surface area contributed by atoms with E-state index in [1.807, 2.05) is 0 Å². The second kappa shape index (κ2) is 5.26. The molecule has 0 N–H and O–H groups in total. The Kier molecular flexibility index (Phi) is 3.71. The van der Waals surface area contributed by atoms with Crippen molar-refractivity contribution in [2.45, 2.75) is 6.54 Å². The number of aromatic nitrogens is 3. The third-order valence-corrected chi connectivity index (χ3v) is 3.02. The smallest absolute Gasteiger partial charge is 0.377 e. The highest BCUT2D eigenvalue weighted by Crippen LogP contribution is 2.18. The van der Waals surface area contributed by atoms with Gasteiger partial charge in [0.05, 0.1) is 13.7 Å². The lowest BCUT2D eigenvalue weighted by molar-refractivity contribution is 0.0586. The van der Waals surface area contributed by atoms with Gasteiger partial charge in [0.25, 0.3) is 5.82 Å². The Bertz CT molecular complexity index is 585. The van der Waals surface area contributed by atoms with E-state index < -0.39 is 5.97 Å². The van der Waals surface area contributed by atoms with Gasteiger partial charge in [-0.2, -0.15) is 0 Å². The summed E-state index contributed by atoms with van der Waals surface area (Å²) in [6.45, 7) is 0.308. The Balaban J connectivity index is 2.21. The van der Waals surface area contributed by atoms with Gasteiger partial charge in [-0.3, -0.25) is 0 Å². The SMILES string of the molecule is COC(=O)c1ncn(Cc2cc(F)ccc2Br)n1. The number of carbonyl (C=O) groups excluding carboxylic acids is 1. The van der Waals surface area contributed by atoms with Gasteiger partial charge in [-0.1, -0.05) is 15.9 Å². The van der Waals surface area contributed by atoms with Crippen LogP contribution in [0.25, 0.3) is 0 Å².